The topological polar surface area (TPSA) is 38.0 Å². The lowest BCUT2D eigenvalue weighted by Gasteiger charge is -2.41. The summed E-state index contributed by atoms with van der Waals surface area (Å²) in [5, 5.41) is 15.3. The van der Waals surface area contributed by atoms with Gasteiger partial charge in [-0.25, -0.2) is 0 Å². The van der Waals surface area contributed by atoms with Crippen molar-refractivity contribution in [2.75, 3.05) is 0 Å². The van der Waals surface area contributed by atoms with Crippen LogP contribution in [0.15, 0.2) is 10.7 Å². The Labute approximate surface area is 124 Å². The zero-order valence-electron chi connectivity index (χ0n) is 12.4. The molecule has 1 fully saturated rings. The van der Waals surface area contributed by atoms with Gasteiger partial charge in [0.05, 0.1) is 16.4 Å². The molecule has 0 radical (unpaired) electrons. The highest BCUT2D eigenvalue weighted by atomic mass is 79.9. The Balaban J connectivity index is 2.20. The van der Waals surface area contributed by atoms with Crippen molar-refractivity contribution in [2.24, 2.45) is 11.3 Å². The average molecular weight is 329 g/mol. The zero-order chi connectivity index (χ0) is 14.3. The predicted molar refractivity (Wildman–Crippen MR) is 80.9 cm³/mol. The van der Waals surface area contributed by atoms with Crippen molar-refractivity contribution < 1.29 is 5.11 Å². The molecule has 0 aromatic carbocycles. The summed E-state index contributed by atoms with van der Waals surface area (Å²) in [6, 6.07) is 0. The van der Waals surface area contributed by atoms with Gasteiger partial charge in [0.1, 0.15) is 5.60 Å². The van der Waals surface area contributed by atoms with E-state index < -0.39 is 5.60 Å². The lowest BCUT2D eigenvalue weighted by Crippen LogP contribution is -2.37. The molecular weight excluding hydrogens is 304 g/mol. The first-order valence-electron chi connectivity index (χ1n) is 7.22. The van der Waals surface area contributed by atoms with Crippen LogP contribution in [-0.4, -0.2) is 14.9 Å². The van der Waals surface area contributed by atoms with Crippen LogP contribution in [0.4, 0.5) is 0 Å². The van der Waals surface area contributed by atoms with Gasteiger partial charge < -0.3 is 5.11 Å². The van der Waals surface area contributed by atoms with Crippen molar-refractivity contribution in [2.45, 2.75) is 65.5 Å². The highest BCUT2D eigenvalue weighted by Gasteiger charge is 2.41. The molecule has 1 N–H and O–H groups in total. The van der Waals surface area contributed by atoms with Crippen molar-refractivity contribution in [1.29, 1.82) is 0 Å². The summed E-state index contributed by atoms with van der Waals surface area (Å²) in [6.07, 6.45) is 5.63. The third-order valence-corrected chi connectivity index (χ3v) is 5.15. The molecule has 0 saturated heterocycles. The van der Waals surface area contributed by atoms with E-state index in [0.717, 1.165) is 42.4 Å². The molecule has 0 unspecified atom stereocenters. The Kier molecular flexibility index (Phi) is 4.12. The number of aliphatic hydroxyl groups is 1. The van der Waals surface area contributed by atoms with E-state index >= 15 is 0 Å². The van der Waals surface area contributed by atoms with E-state index in [-0.39, 0.29) is 0 Å². The summed E-state index contributed by atoms with van der Waals surface area (Å²) in [4.78, 5) is 0. The molecule has 108 valence electrons. The van der Waals surface area contributed by atoms with Crippen LogP contribution in [0, 0.1) is 11.3 Å². The molecule has 4 heteroatoms. The lowest BCUT2D eigenvalue weighted by atomic mass is 9.67. The predicted octanol–water partition coefficient (Wildman–Crippen LogP) is 4.09. The van der Waals surface area contributed by atoms with Gasteiger partial charge in [0, 0.05) is 6.54 Å². The molecule has 0 aliphatic heterocycles. The van der Waals surface area contributed by atoms with E-state index in [2.05, 4.69) is 48.7 Å². The van der Waals surface area contributed by atoms with Gasteiger partial charge in [-0.05, 0) is 59.9 Å². The third-order valence-electron chi connectivity index (χ3n) is 4.57. The standard InChI is InChI=1S/C15H25BrN2O/c1-5-18-13(12(16)10-17-18)15(19)8-6-11(7-9-15)14(2,3)4/h10-11,19H,5-9H2,1-4H3. The molecular formula is C15H25BrN2O. The van der Waals surface area contributed by atoms with E-state index in [1.54, 1.807) is 6.20 Å². The second-order valence-corrected chi connectivity index (χ2v) is 7.68. The van der Waals surface area contributed by atoms with E-state index in [1.807, 2.05) is 4.68 Å². The summed E-state index contributed by atoms with van der Waals surface area (Å²) < 4.78 is 2.85. The minimum Gasteiger partial charge on any atom is -0.384 e. The van der Waals surface area contributed by atoms with Gasteiger partial charge in [0.15, 0.2) is 0 Å². The molecule has 3 nitrogen and oxygen atoms in total. The van der Waals surface area contributed by atoms with Gasteiger partial charge in [-0.1, -0.05) is 20.8 Å². The first-order chi connectivity index (χ1) is 8.78. The fourth-order valence-corrected chi connectivity index (χ4v) is 3.93. The van der Waals surface area contributed by atoms with Gasteiger partial charge >= 0.3 is 0 Å². The molecule has 2 rings (SSSR count). The summed E-state index contributed by atoms with van der Waals surface area (Å²) in [7, 11) is 0. The molecule has 1 aromatic heterocycles. The number of nitrogens with zero attached hydrogens (tertiary/aromatic N) is 2. The summed E-state index contributed by atoms with van der Waals surface area (Å²) in [5.41, 5.74) is 0.582. The lowest BCUT2D eigenvalue weighted by molar-refractivity contribution is -0.0368. The molecule has 0 atom stereocenters. The maximum atomic E-state index is 11.0. The van der Waals surface area contributed by atoms with E-state index in [4.69, 9.17) is 0 Å². The molecule has 1 aromatic rings. The minimum absolute atomic E-state index is 0.337. The average Bonchev–Trinajstić information content (AvgIpc) is 2.70. The van der Waals surface area contributed by atoms with Crippen molar-refractivity contribution in [3.63, 3.8) is 0 Å². The Morgan fingerprint density at radius 2 is 2.00 bits per heavy atom. The molecule has 1 saturated carbocycles. The van der Waals surface area contributed by atoms with Crippen molar-refractivity contribution >= 4 is 15.9 Å². The van der Waals surface area contributed by atoms with Gasteiger partial charge in [-0.15, -0.1) is 0 Å². The largest absolute Gasteiger partial charge is 0.384 e. The Hall–Kier alpha value is -0.350. The molecule has 1 aliphatic carbocycles. The number of aromatic nitrogens is 2. The highest BCUT2D eigenvalue weighted by molar-refractivity contribution is 9.10. The number of aryl methyl sites for hydroxylation is 1. The Morgan fingerprint density at radius 1 is 1.42 bits per heavy atom. The van der Waals surface area contributed by atoms with Crippen LogP contribution < -0.4 is 0 Å². The van der Waals surface area contributed by atoms with Crippen molar-refractivity contribution in [3.8, 4) is 0 Å². The Morgan fingerprint density at radius 3 is 2.47 bits per heavy atom. The van der Waals surface area contributed by atoms with Crippen molar-refractivity contribution in [1.82, 2.24) is 9.78 Å². The zero-order valence-corrected chi connectivity index (χ0v) is 14.0. The van der Waals surface area contributed by atoms with Crippen LogP contribution in [0.1, 0.15) is 59.1 Å². The smallest absolute Gasteiger partial charge is 0.107 e. The molecule has 0 bridgehead atoms. The van der Waals surface area contributed by atoms with Gasteiger partial charge in [0.25, 0.3) is 0 Å². The minimum atomic E-state index is -0.715. The molecule has 0 spiro atoms. The molecule has 1 heterocycles. The quantitative estimate of drug-likeness (QED) is 0.887. The van der Waals surface area contributed by atoms with Gasteiger partial charge in [0.2, 0.25) is 0 Å². The summed E-state index contributed by atoms with van der Waals surface area (Å²) >= 11 is 3.54. The van der Waals surface area contributed by atoms with Crippen LogP contribution >= 0.6 is 15.9 Å². The summed E-state index contributed by atoms with van der Waals surface area (Å²) in [5.74, 6) is 0.699. The van der Waals surface area contributed by atoms with E-state index in [1.165, 1.54) is 0 Å². The second kappa shape index (κ2) is 5.21. The number of halogens is 1. The SMILES string of the molecule is CCn1ncc(Br)c1C1(O)CCC(C(C)(C)C)CC1. The molecule has 1 aliphatic rings. The number of hydrogen-bond acceptors (Lipinski definition) is 2. The van der Waals surface area contributed by atoms with Crippen LogP contribution in [0.25, 0.3) is 0 Å². The summed E-state index contributed by atoms with van der Waals surface area (Å²) in [6.45, 7) is 9.76. The highest BCUT2D eigenvalue weighted by Crippen LogP contribution is 2.46. The maximum absolute atomic E-state index is 11.0. The van der Waals surface area contributed by atoms with Crippen LogP contribution in [0.3, 0.4) is 0 Å². The van der Waals surface area contributed by atoms with Gasteiger partial charge in [-0.2, -0.15) is 5.10 Å². The third kappa shape index (κ3) is 2.89. The number of hydrogen-bond donors (Lipinski definition) is 1. The molecule has 19 heavy (non-hydrogen) atoms. The fourth-order valence-electron chi connectivity index (χ4n) is 3.26. The second-order valence-electron chi connectivity index (χ2n) is 6.83. The molecule has 0 amide bonds. The van der Waals surface area contributed by atoms with Crippen LogP contribution in [0.2, 0.25) is 0 Å². The fraction of sp³-hybridized carbons (Fsp3) is 0.800. The Bertz CT molecular complexity index is 439. The van der Waals surface area contributed by atoms with Crippen LogP contribution in [-0.2, 0) is 12.1 Å². The maximum Gasteiger partial charge on any atom is 0.107 e. The van der Waals surface area contributed by atoms with E-state index in [0.29, 0.717) is 11.3 Å². The number of rotatable bonds is 2. The monoisotopic (exact) mass is 328 g/mol. The van der Waals surface area contributed by atoms with Gasteiger partial charge in [-0.3, -0.25) is 4.68 Å². The first-order valence-corrected chi connectivity index (χ1v) is 8.01. The van der Waals surface area contributed by atoms with Crippen LogP contribution in [0.5, 0.6) is 0 Å². The van der Waals surface area contributed by atoms with E-state index in [9.17, 15) is 5.11 Å². The van der Waals surface area contributed by atoms with Crippen molar-refractivity contribution in [3.05, 3.63) is 16.4 Å². The normalized spacial score (nSPS) is 28.6. The first kappa shape index (κ1) is 15.0.